The Morgan fingerprint density at radius 1 is 1.30 bits per heavy atom. The van der Waals surface area contributed by atoms with E-state index >= 15 is 0 Å². The monoisotopic (exact) mass is 476 g/mol. The van der Waals surface area contributed by atoms with Crippen LogP contribution in [0, 0.1) is 11.6 Å². The quantitative estimate of drug-likeness (QED) is 0.653. The fourth-order valence-corrected chi connectivity index (χ4v) is 5.44. The Morgan fingerprint density at radius 2 is 2.06 bits per heavy atom. The van der Waals surface area contributed by atoms with Crippen molar-refractivity contribution in [2.45, 2.75) is 63.6 Å². The molecular formula is C24H30F2N4O2S. The average Bonchev–Trinajstić information content (AvgIpc) is 3.18. The molecule has 2 N–H and O–H groups in total. The first-order chi connectivity index (χ1) is 15.8. The molecule has 2 amide bonds. The number of hydrogen-bond donors (Lipinski definition) is 2. The fraction of sp³-hybridized carbons (Fsp3) is 0.500. The second-order valence-corrected chi connectivity index (χ2v) is 9.93. The Kier molecular flexibility index (Phi) is 7.09. The van der Waals surface area contributed by atoms with Crippen LogP contribution < -0.4 is 15.6 Å². The van der Waals surface area contributed by atoms with Gasteiger partial charge in [-0.3, -0.25) is 19.5 Å². The second-order valence-electron chi connectivity index (χ2n) is 8.99. The molecule has 9 heteroatoms. The van der Waals surface area contributed by atoms with Crippen LogP contribution in [0.3, 0.4) is 0 Å². The van der Waals surface area contributed by atoms with Crippen LogP contribution in [-0.4, -0.2) is 46.7 Å². The van der Waals surface area contributed by atoms with E-state index in [0.29, 0.717) is 11.4 Å². The van der Waals surface area contributed by atoms with Crippen LogP contribution in [0.1, 0.15) is 46.0 Å². The average molecular weight is 477 g/mol. The summed E-state index contributed by atoms with van der Waals surface area (Å²) in [6.45, 7) is 3.72. The van der Waals surface area contributed by atoms with Crippen molar-refractivity contribution in [2.24, 2.45) is 0 Å². The van der Waals surface area contributed by atoms with Gasteiger partial charge in [0.15, 0.2) is 0 Å². The summed E-state index contributed by atoms with van der Waals surface area (Å²) in [5.41, 5.74) is 2.18. The molecule has 6 nitrogen and oxygen atoms in total. The van der Waals surface area contributed by atoms with Gasteiger partial charge in [-0.1, -0.05) is 25.3 Å². The lowest BCUT2D eigenvalue weighted by Crippen LogP contribution is -2.70. The summed E-state index contributed by atoms with van der Waals surface area (Å²) in [5.74, 6) is -1.73. The van der Waals surface area contributed by atoms with Crippen LogP contribution in [0.25, 0.3) is 0 Å². The van der Waals surface area contributed by atoms with Crippen molar-refractivity contribution in [3.63, 3.8) is 0 Å². The smallest absolute Gasteiger partial charge is 0.276 e. The van der Waals surface area contributed by atoms with Crippen LogP contribution in [-0.2, 0) is 9.59 Å². The largest absolute Gasteiger partial charge is 0.351 e. The Balaban J connectivity index is 1.67. The number of fused-ring (bicyclic) bond motifs is 1. The van der Waals surface area contributed by atoms with Crippen molar-refractivity contribution in [3.8, 4) is 0 Å². The molecule has 1 saturated heterocycles. The van der Waals surface area contributed by atoms with E-state index in [0.717, 1.165) is 44.2 Å². The maximum atomic E-state index is 14.9. The van der Waals surface area contributed by atoms with Gasteiger partial charge < -0.3 is 5.32 Å². The third kappa shape index (κ3) is 4.80. The zero-order chi connectivity index (χ0) is 23.6. The molecule has 0 spiro atoms. The number of thioether (sulfide) groups is 1. The molecule has 1 saturated carbocycles. The number of piperazine rings is 1. The minimum Gasteiger partial charge on any atom is -0.351 e. The van der Waals surface area contributed by atoms with Crippen LogP contribution in [0.4, 0.5) is 14.5 Å². The highest BCUT2D eigenvalue weighted by Gasteiger charge is 2.53. The number of allylic oxidation sites excluding steroid dienone is 1. The van der Waals surface area contributed by atoms with Gasteiger partial charge in [-0.05, 0) is 50.3 Å². The number of amides is 2. The molecule has 0 aromatic heterocycles. The number of carbonyl (C=O) groups excluding carboxylic acids is 2. The van der Waals surface area contributed by atoms with Gasteiger partial charge in [0, 0.05) is 17.9 Å². The van der Waals surface area contributed by atoms with Crippen molar-refractivity contribution in [3.05, 3.63) is 53.1 Å². The Morgan fingerprint density at radius 3 is 2.76 bits per heavy atom. The van der Waals surface area contributed by atoms with E-state index in [-0.39, 0.29) is 30.2 Å². The number of rotatable bonds is 6. The van der Waals surface area contributed by atoms with Gasteiger partial charge in [0.25, 0.3) is 5.91 Å². The molecule has 1 aliphatic carbocycles. The van der Waals surface area contributed by atoms with E-state index in [1.807, 2.05) is 24.5 Å². The zero-order valence-corrected chi connectivity index (χ0v) is 19.8. The normalized spacial score (nSPS) is 26.0. The number of nitrogens with one attached hydrogen (secondary N) is 2. The summed E-state index contributed by atoms with van der Waals surface area (Å²) < 4.78 is 28.5. The van der Waals surface area contributed by atoms with Gasteiger partial charge in [0.1, 0.15) is 22.9 Å². The molecule has 2 heterocycles. The van der Waals surface area contributed by atoms with Crippen molar-refractivity contribution >= 4 is 29.3 Å². The van der Waals surface area contributed by atoms with Crippen LogP contribution in [0.15, 0.2) is 41.5 Å². The molecule has 2 unspecified atom stereocenters. The first-order valence-electron chi connectivity index (χ1n) is 11.4. The third-order valence-electron chi connectivity index (χ3n) is 6.44. The first kappa shape index (κ1) is 23.8. The Labute approximate surface area is 197 Å². The summed E-state index contributed by atoms with van der Waals surface area (Å²) in [6, 6.07) is 3.01. The molecule has 0 bridgehead atoms. The summed E-state index contributed by atoms with van der Waals surface area (Å²) in [7, 11) is 0. The lowest BCUT2D eigenvalue weighted by atomic mass is 9.90. The highest BCUT2D eigenvalue weighted by atomic mass is 32.2. The lowest BCUT2D eigenvalue weighted by molar-refractivity contribution is -0.133. The number of benzene rings is 1. The first-order valence-corrected chi connectivity index (χ1v) is 12.5. The highest BCUT2D eigenvalue weighted by molar-refractivity contribution is 8.02. The summed E-state index contributed by atoms with van der Waals surface area (Å²) in [4.78, 5) is 28.4. The maximum absolute atomic E-state index is 14.9. The molecule has 4 rings (SSSR count). The molecule has 2 aliphatic heterocycles. The molecule has 2 atom stereocenters. The molecular weight excluding hydrogens is 446 g/mol. The van der Waals surface area contributed by atoms with Gasteiger partial charge in [0.05, 0.1) is 18.3 Å². The van der Waals surface area contributed by atoms with E-state index in [1.165, 1.54) is 11.0 Å². The molecule has 2 fully saturated rings. The standard InChI is InChI=1S/C24H30F2N4O2S/c1-3-11-33-14-18-13-21-22(31)30(20-10-9-16(25)12-19(20)26)24(2,15-29(21)28-18)23(32)27-17-7-5-4-6-8-17/h3,9-13,17-18,28H,4-8,14-15H2,1-2H3,(H,27,32)/b11-3-. The van der Waals surface area contributed by atoms with Crippen LogP contribution in [0.2, 0.25) is 0 Å². The number of hydrazine groups is 1. The van der Waals surface area contributed by atoms with Crippen molar-refractivity contribution in [2.75, 3.05) is 17.2 Å². The van der Waals surface area contributed by atoms with E-state index in [2.05, 4.69) is 10.7 Å². The topological polar surface area (TPSA) is 64.7 Å². The molecule has 33 heavy (non-hydrogen) atoms. The maximum Gasteiger partial charge on any atom is 0.276 e. The van der Waals surface area contributed by atoms with Gasteiger partial charge in [-0.15, -0.1) is 11.8 Å². The molecule has 0 radical (unpaired) electrons. The number of nitrogens with zero attached hydrogens (tertiary/aromatic N) is 2. The van der Waals surface area contributed by atoms with E-state index in [4.69, 9.17) is 0 Å². The van der Waals surface area contributed by atoms with Crippen molar-refractivity contribution in [1.82, 2.24) is 15.8 Å². The van der Waals surface area contributed by atoms with Crippen LogP contribution in [0.5, 0.6) is 0 Å². The molecule has 178 valence electrons. The van der Waals surface area contributed by atoms with Crippen molar-refractivity contribution < 1.29 is 18.4 Å². The molecule has 1 aromatic carbocycles. The Hall–Kier alpha value is -2.39. The van der Waals surface area contributed by atoms with Crippen LogP contribution >= 0.6 is 11.8 Å². The number of hydrogen-bond acceptors (Lipinski definition) is 5. The minimum absolute atomic E-state index is 0.0338. The van der Waals surface area contributed by atoms with Gasteiger partial charge in [-0.25, -0.2) is 14.2 Å². The minimum atomic E-state index is -1.39. The van der Waals surface area contributed by atoms with Gasteiger partial charge in [-0.2, -0.15) is 0 Å². The van der Waals surface area contributed by atoms with E-state index < -0.39 is 23.1 Å². The Bertz CT molecular complexity index is 979. The van der Waals surface area contributed by atoms with Crippen molar-refractivity contribution in [1.29, 1.82) is 0 Å². The SMILES string of the molecule is C/C=C\SCC1C=C2C(=O)N(c3ccc(F)cc3F)C(C)(C(=O)NC3CCCCC3)CN2N1. The van der Waals surface area contributed by atoms with E-state index in [1.54, 1.807) is 23.7 Å². The summed E-state index contributed by atoms with van der Waals surface area (Å²) in [5, 5.41) is 6.77. The highest BCUT2D eigenvalue weighted by Crippen LogP contribution is 2.36. The summed E-state index contributed by atoms with van der Waals surface area (Å²) in [6.07, 6.45) is 8.76. The number of carbonyl (C=O) groups is 2. The lowest BCUT2D eigenvalue weighted by Gasteiger charge is -2.48. The predicted molar refractivity (Wildman–Crippen MR) is 126 cm³/mol. The van der Waals surface area contributed by atoms with Gasteiger partial charge in [0.2, 0.25) is 5.91 Å². The van der Waals surface area contributed by atoms with E-state index in [9.17, 15) is 18.4 Å². The summed E-state index contributed by atoms with van der Waals surface area (Å²) >= 11 is 1.61. The fourth-order valence-electron chi connectivity index (χ4n) is 4.76. The number of halogens is 2. The molecule has 1 aromatic rings. The van der Waals surface area contributed by atoms with Gasteiger partial charge >= 0.3 is 0 Å². The zero-order valence-electron chi connectivity index (χ0n) is 18.9. The predicted octanol–water partition coefficient (Wildman–Crippen LogP) is 3.86. The number of anilines is 1. The third-order valence-corrected chi connectivity index (χ3v) is 7.46. The molecule has 3 aliphatic rings. The second kappa shape index (κ2) is 9.85.